The normalized spacial score (nSPS) is 19.6. The van der Waals surface area contributed by atoms with Gasteiger partial charge in [-0.15, -0.1) is 0 Å². The van der Waals surface area contributed by atoms with Gasteiger partial charge >= 0.3 is 18.0 Å². The molecule has 5 atom stereocenters. The molecule has 0 bridgehead atoms. The van der Waals surface area contributed by atoms with Crippen LogP contribution in [0.25, 0.3) is 65.4 Å². The van der Waals surface area contributed by atoms with E-state index in [1.807, 2.05) is 16.8 Å². The number of pyridine rings is 3. The Morgan fingerprint density at radius 3 is 1.28 bits per heavy atom. The van der Waals surface area contributed by atoms with Gasteiger partial charge < -0.3 is 77.1 Å². The molecule has 3 aromatic carbocycles. The minimum atomic E-state index is -1.54. The van der Waals surface area contributed by atoms with Crippen LogP contribution in [0.15, 0.2) is 112 Å². The van der Waals surface area contributed by atoms with E-state index in [0.29, 0.717) is 194 Å². The van der Waals surface area contributed by atoms with Gasteiger partial charge in [0.25, 0.3) is 0 Å². The van der Waals surface area contributed by atoms with Crippen LogP contribution < -0.4 is 43.1 Å². The number of rotatable bonds is 23. The van der Waals surface area contributed by atoms with Crippen molar-refractivity contribution in [2.24, 2.45) is 5.92 Å². The molecule has 3 N–H and O–H groups in total. The van der Waals surface area contributed by atoms with Crippen molar-refractivity contribution in [3.05, 3.63) is 144 Å². The van der Waals surface area contributed by atoms with E-state index in [4.69, 9.17) is 92.6 Å². The molecule has 3 amide bonds. The molecule has 18 rings (SSSR count). The highest BCUT2D eigenvalue weighted by Gasteiger charge is 2.40. The average molecular weight is 1790 g/mol. The van der Waals surface area contributed by atoms with E-state index >= 15 is 4.39 Å². The van der Waals surface area contributed by atoms with E-state index in [2.05, 4.69) is 109 Å². The zero-order valence-corrected chi connectivity index (χ0v) is 71.7. The monoisotopic (exact) mass is 1790 g/mol. The van der Waals surface area contributed by atoms with Crippen LogP contribution in [-0.4, -0.2) is 312 Å². The molecule has 126 heavy (non-hydrogen) atoms. The Kier molecular flexibility index (Phi) is 26.2. The van der Waals surface area contributed by atoms with Crippen molar-refractivity contribution in [2.75, 3.05) is 181 Å². The summed E-state index contributed by atoms with van der Waals surface area (Å²) in [5.74, 6) is 0.0577. The zero-order chi connectivity index (χ0) is 88.2. The maximum Gasteiger partial charge on any atom is 0.319 e. The Labute approximate surface area is 733 Å². The molecule has 6 fully saturated rings. The van der Waals surface area contributed by atoms with E-state index < -0.39 is 23.1 Å². The number of piperidine rings is 1. The van der Waals surface area contributed by atoms with Gasteiger partial charge in [0.05, 0.1) is 74.1 Å². The summed E-state index contributed by atoms with van der Waals surface area (Å²) in [7, 11) is 7.23. The number of aromatic amines is 3. The number of aromatic nitrogens is 15. The topological polar surface area (TPSA) is 356 Å². The van der Waals surface area contributed by atoms with Gasteiger partial charge in [-0.3, -0.25) is 34.6 Å². The van der Waals surface area contributed by atoms with Crippen molar-refractivity contribution in [3.8, 4) is 52.9 Å². The minimum Gasteiger partial charge on any atom is -0.460 e. The van der Waals surface area contributed by atoms with Gasteiger partial charge in [0.2, 0.25) is 35.4 Å². The Hall–Kier alpha value is -12.2. The van der Waals surface area contributed by atoms with Gasteiger partial charge in [-0.1, -0.05) is 61.5 Å². The van der Waals surface area contributed by atoms with Crippen LogP contribution in [0.4, 0.5) is 35.0 Å². The Morgan fingerprint density at radius 2 is 0.897 bits per heavy atom. The molecule has 0 aliphatic carbocycles. The van der Waals surface area contributed by atoms with E-state index in [-0.39, 0.29) is 123 Å². The lowest BCUT2D eigenvalue weighted by Gasteiger charge is -2.36. The highest BCUT2D eigenvalue weighted by Crippen LogP contribution is 2.45. The number of likely N-dealkylation sites (N-methyl/N-ethyl adjacent to an activating group) is 1. The molecule has 6 aliphatic heterocycles. The van der Waals surface area contributed by atoms with Crippen molar-refractivity contribution in [2.45, 2.75) is 43.7 Å². The second-order valence-corrected chi connectivity index (χ2v) is 32.3. The third kappa shape index (κ3) is 18.6. The lowest BCUT2D eigenvalue weighted by atomic mass is 9.96. The van der Waals surface area contributed by atoms with Crippen molar-refractivity contribution >= 4 is 135 Å². The van der Waals surface area contributed by atoms with Gasteiger partial charge in [-0.05, 0) is 75.8 Å². The molecule has 6 saturated heterocycles. The number of ether oxygens (including phenoxy) is 8. The number of carbonyl (C=O) groups excluding carboxylic acids is 3. The summed E-state index contributed by atoms with van der Waals surface area (Å²) in [5.41, 5.74) is 0.708. The number of nitrogens with one attached hydrogen (secondary N) is 3. The summed E-state index contributed by atoms with van der Waals surface area (Å²) >= 11 is 19.0. The number of benzene rings is 3. The molecule has 42 heteroatoms. The number of nitrogens with zero attached hydrogens (tertiary/aromatic N) is 21. The number of fused-ring (bicyclic) bond motifs is 6. The van der Waals surface area contributed by atoms with Crippen molar-refractivity contribution in [3.63, 3.8) is 0 Å². The van der Waals surface area contributed by atoms with Crippen LogP contribution >= 0.6 is 34.8 Å². The second kappa shape index (κ2) is 37.9. The first kappa shape index (κ1) is 87.2. The standard InChI is InChI=1S/C29H32ClFN8O5.C28H30ClFN8O3.C27H27ClF2N8O3/c1-4-23(40)38-7-9-39(10-8-38)27-17-5-6-32-28(44-26-18-14-33-36-20(18)13-19(31)24(26)30)25(17)34-29(35-27)43-22-16-37(11-12-41-2)15-21(22)42-3;1-4-22(39)37-9-11-38(12-10-37)26-17-5-7-31-27(41-25-18-14-32-35-20(18)13-19(30)23(25)29)24(17)33-28(34-26)40-21-15-36(3)8-6-16(21)2;1-3-20(39)37-8-10-38(11-9-37)24-16-4-6-31-25(41-23-17-13-32-35-19(17)12-18(29)21(23)28)22(16)33-26(34-24)40-15-27(30)5-7-36(2)14-27/h4-6,13-14,21-22H,1,7-12,15-16H2,2-3H3,(H,33,36);4-5,7,13-14,16,21H,1,6,8-12,15H2,2-3H3,(H,32,35);3-4,6,12-13H,1,5,7-11,14-15H2,2H3,(H,32,35)/t21-,22-;16-,21-;27-/m110/s1. The number of piperazine rings is 3. The van der Waals surface area contributed by atoms with Crippen LogP contribution in [0.3, 0.4) is 0 Å². The lowest BCUT2D eigenvalue weighted by Crippen LogP contribution is -2.48. The minimum absolute atomic E-state index is 0.0197. The largest absolute Gasteiger partial charge is 0.460 e. The zero-order valence-electron chi connectivity index (χ0n) is 69.4. The van der Waals surface area contributed by atoms with E-state index in [0.717, 1.165) is 26.1 Å². The summed E-state index contributed by atoms with van der Waals surface area (Å²) in [6.45, 7) is 23.9. The SMILES string of the molecule is C=CC(=O)N1CCN(c2nc(OC[C@]3(F)CCN(C)C3)nc3c(Oc4c(Cl)c(F)cc5[nH]ncc45)nccc23)CC1.C=CC(=O)N1CCN(c2nc(O[C@@H]3CN(C)CC[C@H]3C)nc3c(Oc4c(Cl)c(F)cc5[nH]ncc45)nccc23)CC1.C=CC(=O)N1CCN(c2nc(O[C@@H]3CN(CCOC)C[C@H]3OC)nc3c(Oc4c(Cl)c(F)cc5[nH]ncc45)nccc23)CC1. The van der Waals surface area contributed by atoms with Crippen LogP contribution in [0.2, 0.25) is 15.1 Å². The predicted molar refractivity (Wildman–Crippen MR) is 463 cm³/mol. The molecule has 0 radical (unpaired) electrons. The van der Waals surface area contributed by atoms with Crippen molar-refractivity contribution < 1.29 is 69.8 Å². The third-order valence-corrected chi connectivity index (χ3v) is 24.0. The maximum absolute atomic E-state index is 15.4. The van der Waals surface area contributed by atoms with Crippen LogP contribution in [0, 0.1) is 23.4 Å². The number of alkyl halides is 1. The highest BCUT2D eigenvalue weighted by molar-refractivity contribution is 6.34. The van der Waals surface area contributed by atoms with E-state index in [1.165, 1.54) is 61.2 Å². The Morgan fingerprint density at radius 1 is 0.508 bits per heavy atom. The fraction of sp³-hybridized carbons (Fsp3) is 0.393. The summed E-state index contributed by atoms with van der Waals surface area (Å²) in [4.78, 5) is 95.8. The van der Waals surface area contributed by atoms with Crippen LogP contribution in [0.1, 0.15) is 19.8 Å². The Bertz CT molecular complexity index is 6100. The third-order valence-electron chi connectivity index (χ3n) is 23.0. The summed E-state index contributed by atoms with van der Waals surface area (Å²) in [6.07, 6.45) is 13.7. The molecule has 9 aromatic heterocycles. The molecule has 0 unspecified atom stereocenters. The fourth-order valence-electron chi connectivity index (χ4n) is 16.0. The van der Waals surface area contributed by atoms with Gasteiger partial charge in [-0.2, -0.15) is 45.2 Å². The number of likely N-dealkylation sites (tertiary alicyclic amines) is 3. The first-order valence-corrected chi connectivity index (χ1v) is 41.8. The van der Waals surface area contributed by atoms with Gasteiger partial charge in [-0.25, -0.2) is 32.5 Å². The number of anilines is 3. The van der Waals surface area contributed by atoms with Crippen molar-refractivity contribution in [1.29, 1.82) is 0 Å². The highest BCUT2D eigenvalue weighted by atomic mass is 35.5. The number of halogens is 7. The molecule has 660 valence electrons. The first-order chi connectivity index (χ1) is 61.0. The number of hydrogen-bond donors (Lipinski definition) is 3. The molecular weight excluding hydrogens is 1700 g/mol. The predicted octanol–water partition coefficient (Wildman–Crippen LogP) is 10.8. The quantitative estimate of drug-likeness (QED) is 0.0395. The van der Waals surface area contributed by atoms with Gasteiger partial charge in [0, 0.05) is 169 Å². The molecule has 15 heterocycles. The summed E-state index contributed by atoms with van der Waals surface area (Å²) in [6, 6.07) is 9.30. The molecular formula is C84H89Cl3F4N24O11. The maximum atomic E-state index is 15.4. The van der Waals surface area contributed by atoms with Gasteiger partial charge in [0.15, 0.2) is 22.9 Å². The second-order valence-electron chi connectivity index (χ2n) is 31.2. The van der Waals surface area contributed by atoms with E-state index in [1.54, 1.807) is 59.5 Å². The number of H-pyrrole nitrogens is 3. The van der Waals surface area contributed by atoms with Gasteiger partial charge in [0.1, 0.15) is 91.4 Å². The number of amides is 3. The van der Waals surface area contributed by atoms with Crippen molar-refractivity contribution in [1.82, 2.24) is 105 Å². The van der Waals surface area contributed by atoms with Crippen LogP contribution in [0.5, 0.6) is 52.9 Å². The molecule has 6 aliphatic rings. The molecule has 0 saturated carbocycles. The van der Waals surface area contributed by atoms with E-state index in [9.17, 15) is 27.6 Å². The number of hydrogen-bond acceptors (Lipinski definition) is 29. The lowest BCUT2D eigenvalue weighted by molar-refractivity contribution is -0.127. The smallest absolute Gasteiger partial charge is 0.319 e. The molecule has 35 nitrogen and oxygen atoms in total. The van der Waals surface area contributed by atoms with Crippen LogP contribution in [-0.2, 0) is 23.9 Å². The number of carbonyl (C=O) groups is 3. The summed E-state index contributed by atoms with van der Waals surface area (Å²) < 4.78 is 107. The first-order valence-electron chi connectivity index (χ1n) is 40.7. The molecule has 12 aromatic rings. The summed E-state index contributed by atoms with van der Waals surface area (Å²) in [5, 5.41) is 22.8. The fourth-order valence-corrected chi connectivity index (χ4v) is 16.6. The average Bonchev–Trinajstić information content (AvgIpc) is 1.29. The Balaban J connectivity index is 0.000000139. The number of methoxy groups -OCH3 is 2. The molecule has 0 spiro atoms.